The number of hydrogen-bond acceptors (Lipinski definition) is 2. The van der Waals surface area contributed by atoms with Crippen LogP contribution in [0, 0.1) is 11.8 Å². The van der Waals surface area contributed by atoms with Crippen LogP contribution in [0.1, 0.15) is 59.3 Å². The van der Waals surface area contributed by atoms with Crippen LogP contribution in [0.4, 0.5) is 0 Å². The Hall–Kier alpha value is -0.0800. The molecule has 1 aliphatic rings. The summed E-state index contributed by atoms with van der Waals surface area (Å²) < 4.78 is 0. The SMILES string of the molecule is CCC(CC)CNC1(CO)CCCC(C)C1. The second-order valence-electron chi connectivity index (χ2n) is 5.70. The van der Waals surface area contributed by atoms with Crippen LogP contribution in [-0.4, -0.2) is 23.8 Å². The van der Waals surface area contributed by atoms with Crippen LogP contribution in [-0.2, 0) is 0 Å². The van der Waals surface area contributed by atoms with Gasteiger partial charge in [-0.05, 0) is 31.2 Å². The molecule has 0 radical (unpaired) electrons. The van der Waals surface area contributed by atoms with Crippen molar-refractivity contribution in [3.63, 3.8) is 0 Å². The fourth-order valence-corrected chi connectivity index (χ4v) is 2.96. The molecule has 1 rings (SSSR count). The molecule has 2 unspecified atom stereocenters. The third kappa shape index (κ3) is 3.74. The van der Waals surface area contributed by atoms with E-state index in [0.717, 1.165) is 31.2 Å². The van der Waals surface area contributed by atoms with Gasteiger partial charge in [-0.15, -0.1) is 0 Å². The normalized spacial score (nSPS) is 30.9. The molecule has 2 heteroatoms. The maximum absolute atomic E-state index is 9.66. The fraction of sp³-hybridized carbons (Fsp3) is 1.00. The molecule has 0 aliphatic heterocycles. The van der Waals surface area contributed by atoms with Gasteiger partial charge in [0.15, 0.2) is 0 Å². The Bertz CT molecular complexity index is 191. The largest absolute Gasteiger partial charge is 0.394 e. The fourth-order valence-electron chi connectivity index (χ4n) is 2.96. The van der Waals surface area contributed by atoms with E-state index in [1.807, 2.05) is 0 Å². The van der Waals surface area contributed by atoms with E-state index in [0.29, 0.717) is 6.61 Å². The molecule has 2 nitrogen and oxygen atoms in total. The summed E-state index contributed by atoms with van der Waals surface area (Å²) in [7, 11) is 0. The summed E-state index contributed by atoms with van der Waals surface area (Å²) in [6, 6.07) is 0. The topological polar surface area (TPSA) is 32.3 Å². The van der Waals surface area contributed by atoms with Crippen LogP contribution in [0.5, 0.6) is 0 Å². The average Bonchev–Trinajstić information content (AvgIpc) is 2.30. The van der Waals surface area contributed by atoms with Crippen molar-refractivity contribution < 1.29 is 5.11 Å². The zero-order valence-corrected chi connectivity index (χ0v) is 11.3. The van der Waals surface area contributed by atoms with E-state index in [1.165, 1.54) is 25.7 Å². The molecule has 1 aliphatic carbocycles. The van der Waals surface area contributed by atoms with Crippen LogP contribution in [0.3, 0.4) is 0 Å². The second kappa shape index (κ2) is 6.61. The Morgan fingerprint density at radius 2 is 2.06 bits per heavy atom. The predicted molar refractivity (Wildman–Crippen MR) is 69.5 cm³/mol. The Balaban J connectivity index is 2.46. The third-order valence-corrected chi connectivity index (χ3v) is 4.31. The van der Waals surface area contributed by atoms with Gasteiger partial charge in [0.2, 0.25) is 0 Å². The van der Waals surface area contributed by atoms with Crippen molar-refractivity contribution in [2.75, 3.05) is 13.2 Å². The van der Waals surface area contributed by atoms with Crippen molar-refractivity contribution in [2.45, 2.75) is 64.8 Å². The van der Waals surface area contributed by atoms with Crippen molar-refractivity contribution in [1.82, 2.24) is 5.32 Å². The summed E-state index contributed by atoms with van der Waals surface area (Å²) in [6.07, 6.45) is 7.35. The van der Waals surface area contributed by atoms with Crippen LogP contribution in [0.15, 0.2) is 0 Å². The predicted octanol–water partition coefficient (Wildman–Crippen LogP) is 2.95. The molecule has 1 saturated carbocycles. The quantitative estimate of drug-likeness (QED) is 0.731. The highest BCUT2D eigenvalue weighted by Gasteiger charge is 2.33. The third-order valence-electron chi connectivity index (χ3n) is 4.31. The van der Waals surface area contributed by atoms with Crippen LogP contribution in [0.2, 0.25) is 0 Å². The van der Waals surface area contributed by atoms with E-state index in [-0.39, 0.29) is 5.54 Å². The van der Waals surface area contributed by atoms with Crippen LogP contribution >= 0.6 is 0 Å². The van der Waals surface area contributed by atoms with Crippen LogP contribution < -0.4 is 5.32 Å². The summed E-state index contributed by atoms with van der Waals surface area (Å²) in [5.74, 6) is 1.52. The zero-order chi connectivity index (χ0) is 12.0. The van der Waals surface area contributed by atoms with Gasteiger partial charge in [-0.25, -0.2) is 0 Å². The highest BCUT2D eigenvalue weighted by molar-refractivity contribution is 4.92. The molecular formula is C14H29NO. The van der Waals surface area contributed by atoms with Gasteiger partial charge in [-0.1, -0.05) is 46.5 Å². The molecule has 0 amide bonds. The summed E-state index contributed by atoms with van der Waals surface area (Å²) >= 11 is 0. The minimum Gasteiger partial charge on any atom is -0.394 e. The molecule has 0 aromatic rings. The van der Waals surface area contributed by atoms with Gasteiger partial charge in [0.05, 0.1) is 6.61 Å². The number of aliphatic hydroxyl groups is 1. The highest BCUT2D eigenvalue weighted by atomic mass is 16.3. The standard InChI is InChI=1S/C14H29NO/c1-4-13(5-2)10-15-14(11-16)8-6-7-12(3)9-14/h12-13,15-16H,4-11H2,1-3H3. The lowest BCUT2D eigenvalue weighted by Crippen LogP contribution is -2.52. The lowest BCUT2D eigenvalue weighted by atomic mass is 9.76. The van der Waals surface area contributed by atoms with Crippen molar-refractivity contribution in [1.29, 1.82) is 0 Å². The zero-order valence-electron chi connectivity index (χ0n) is 11.3. The Labute approximate surface area is 101 Å². The summed E-state index contributed by atoms with van der Waals surface area (Å²) in [5, 5.41) is 13.3. The number of nitrogens with one attached hydrogen (secondary N) is 1. The lowest BCUT2D eigenvalue weighted by molar-refractivity contribution is 0.0950. The highest BCUT2D eigenvalue weighted by Crippen LogP contribution is 2.32. The van der Waals surface area contributed by atoms with Gasteiger partial charge in [-0.2, -0.15) is 0 Å². The summed E-state index contributed by atoms with van der Waals surface area (Å²) in [5.41, 5.74) is 0.0280. The van der Waals surface area contributed by atoms with E-state index < -0.39 is 0 Å². The number of hydrogen-bond donors (Lipinski definition) is 2. The molecule has 1 fully saturated rings. The minimum absolute atomic E-state index is 0.0280. The Kier molecular flexibility index (Phi) is 5.77. The maximum atomic E-state index is 9.66. The average molecular weight is 227 g/mol. The van der Waals surface area contributed by atoms with Crippen molar-refractivity contribution in [3.05, 3.63) is 0 Å². The van der Waals surface area contributed by atoms with E-state index in [2.05, 4.69) is 26.1 Å². The van der Waals surface area contributed by atoms with Gasteiger partial charge in [0, 0.05) is 5.54 Å². The Morgan fingerprint density at radius 3 is 2.56 bits per heavy atom. The molecule has 16 heavy (non-hydrogen) atoms. The Morgan fingerprint density at radius 1 is 1.38 bits per heavy atom. The van der Waals surface area contributed by atoms with Crippen molar-refractivity contribution in [2.24, 2.45) is 11.8 Å². The summed E-state index contributed by atoms with van der Waals surface area (Å²) in [4.78, 5) is 0. The van der Waals surface area contributed by atoms with E-state index in [1.54, 1.807) is 0 Å². The van der Waals surface area contributed by atoms with Gasteiger partial charge >= 0.3 is 0 Å². The second-order valence-corrected chi connectivity index (χ2v) is 5.70. The van der Waals surface area contributed by atoms with Gasteiger partial charge in [0.25, 0.3) is 0 Å². The molecule has 0 aromatic carbocycles. The minimum atomic E-state index is 0.0280. The van der Waals surface area contributed by atoms with E-state index >= 15 is 0 Å². The van der Waals surface area contributed by atoms with Crippen molar-refractivity contribution >= 4 is 0 Å². The summed E-state index contributed by atoms with van der Waals surface area (Å²) in [6.45, 7) is 8.19. The molecular weight excluding hydrogens is 198 g/mol. The van der Waals surface area contributed by atoms with E-state index in [4.69, 9.17) is 0 Å². The first-order chi connectivity index (χ1) is 7.65. The first kappa shape index (κ1) is 14.0. The monoisotopic (exact) mass is 227 g/mol. The molecule has 0 aromatic heterocycles. The first-order valence-electron chi connectivity index (χ1n) is 7.01. The van der Waals surface area contributed by atoms with Crippen molar-refractivity contribution in [3.8, 4) is 0 Å². The smallest absolute Gasteiger partial charge is 0.0613 e. The van der Waals surface area contributed by atoms with E-state index in [9.17, 15) is 5.11 Å². The molecule has 2 N–H and O–H groups in total. The number of rotatable bonds is 6. The molecule has 0 heterocycles. The van der Waals surface area contributed by atoms with Gasteiger partial charge < -0.3 is 10.4 Å². The number of aliphatic hydroxyl groups excluding tert-OH is 1. The maximum Gasteiger partial charge on any atom is 0.0613 e. The van der Waals surface area contributed by atoms with Gasteiger partial charge in [0.1, 0.15) is 0 Å². The lowest BCUT2D eigenvalue weighted by Gasteiger charge is -2.40. The van der Waals surface area contributed by atoms with Crippen LogP contribution in [0.25, 0.3) is 0 Å². The van der Waals surface area contributed by atoms with Gasteiger partial charge in [-0.3, -0.25) is 0 Å². The first-order valence-corrected chi connectivity index (χ1v) is 7.01. The molecule has 0 saturated heterocycles. The molecule has 0 spiro atoms. The molecule has 2 atom stereocenters. The molecule has 96 valence electrons. The molecule has 0 bridgehead atoms.